The van der Waals surface area contributed by atoms with Crippen LogP contribution < -0.4 is 10.6 Å². The number of nitrogens with zero attached hydrogens (tertiary/aromatic N) is 1. The number of anilines is 1. The van der Waals surface area contributed by atoms with Crippen LogP contribution in [0.1, 0.15) is 16.9 Å². The van der Waals surface area contributed by atoms with Crippen LogP contribution in [0.15, 0.2) is 18.3 Å². The van der Waals surface area contributed by atoms with Crippen LogP contribution in [0.4, 0.5) is 5.69 Å². The topological polar surface area (TPSA) is 83.5 Å². The number of aromatic nitrogens is 1. The number of amides is 1. The molecule has 0 fully saturated rings. The molecular weight excluding hydrogens is 234 g/mol. The minimum absolute atomic E-state index is 0.0489. The number of aliphatic hydroxyl groups excluding tert-OH is 1. The van der Waals surface area contributed by atoms with Crippen molar-refractivity contribution in [1.82, 2.24) is 10.3 Å². The first-order chi connectivity index (χ1) is 8.77. The summed E-state index contributed by atoms with van der Waals surface area (Å²) < 4.78 is 5.13. The summed E-state index contributed by atoms with van der Waals surface area (Å²) in [5.74, 6) is -0.204. The van der Waals surface area contributed by atoms with E-state index in [1.807, 2.05) is 0 Å². The summed E-state index contributed by atoms with van der Waals surface area (Å²) in [5, 5.41) is 14.2. The van der Waals surface area contributed by atoms with Crippen LogP contribution in [-0.2, 0) is 4.74 Å². The first-order valence-corrected chi connectivity index (χ1v) is 5.88. The molecule has 6 heteroatoms. The van der Waals surface area contributed by atoms with Crippen molar-refractivity contribution in [2.24, 2.45) is 0 Å². The summed E-state index contributed by atoms with van der Waals surface area (Å²) in [6.45, 7) is 1.76. The SMILES string of the molecule is CNC(=O)c1cc(NCCCOCCO)ccn1. The molecule has 0 bridgehead atoms. The Morgan fingerprint density at radius 2 is 2.33 bits per heavy atom. The average Bonchev–Trinajstić information content (AvgIpc) is 2.42. The van der Waals surface area contributed by atoms with Gasteiger partial charge < -0.3 is 20.5 Å². The standard InChI is InChI=1S/C12H19N3O3/c1-13-12(17)11-9-10(3-5-15-11)14-4-2-7-18-8-6-16/h3,5,9,16H,2,4,6-8H2,1H3,(H,13,17)(H,14,15). The monoisotopic (exact) mass is 253 g/mol. The van der Waals surface area contributed by atoms with Gasteiger partial charge in [-0.2, -0.15) is 0 Å². The summed E-state index contributed by atoms with van der Waals surface area (Å²) >= 11 is 0. The molecule has 0 aliphatic rings. The van der Waals surface area contributed by atoms with E-state index in [0.717, 1.165) is 18.7 Å². The van der Waals surface area contributed by atoms with Gasteiger partial charge in [0.25, 0.3) is 5.91 Å². The number of hydrogen-bond acceptors (Lipinski definition) is 5. The summed E-state index contributed by atoms with van der Waals surface area (Å²) in [6, 6.07) is 3.51. The molecule has 6 nitrogen and oxygen atoms in total. The Morgan fingerprint density at radius 1 is 1.50 bits per heavy atom. The molecule has 1 aromatic heterocycles. The van der Waals surface area contributed by atoms with Crippen molar-refractivity contribution < 1.29 is 14.6 Å². The molecule has 1 amide bonds. The molecule has 3 N–H and O–H groups in total. The molecule has 0 spiro atoms. The van der Waals surface area contributed by atoms with Crippen LogP contribution in [0.5, 0.6) is 0 Å². The molecule has 1 aromatic rings. The lowest BCUT2D eigenvalue weighted by Crippen LogP contribution is -2.19. The van der Waals surface area contributed by atoms with Gasteiger partial charge in [0.1, 0.15) is 5.69 Å². The third-order valence-corrected chi connectivity index (χ3v) is 2.25. The molecule has 0 saturated heterocycles. The minimum Gasteiger partial charge on any atom is -0.394 e. The minimum atomic E-state index is -0.204. The van der Waals surface area contributed by atoms with Gasteiger partial charge in [0.2, 0.25) is 0 Å². The molecule has 18 heavy (non-hydrogen) atoms. The molecule has 1 rings (SSSR count). The Morgan fingerprint density at radius 3 is 3.06 bits per heavy atom. The van der Waals surface area contributed by atoms with Gasteiger partial charge in [0.15, 0.2) is 0 Å². The van der Waals surface area contributed by atoms with E-state index in [1.54, 1.807) is 25.4 Å². The van der Waals surface area contributed by atoms with Crippen LogP contribution in [0, 0.1) is 0 Å². The van der Waals surface area contributed by atoms with Gasteiger partial charge >= 0.3 is 0 Å². The normalized spacial score (nSPS) is 10.1. The molecule has 0 radical (unpaired) electrons. The second kappa shape index (κ2) is 8.43. The van der Waals surface area contributed by atoms with Gasteiger partial charge in [-0.25, -0.2) is 0 Å². The molecule has 0 atom stereocenters. The van der Waals surface area contributed by atoms with Crippen LogP contribution in [0.2, 0.25) is 0 Å². The maximum atomic E-state index is 11.4. The maximum Gasteiger partial charge on any atom is 0.269 e. The molecule has 1 heterocycles. The zero-order chi connectivity index (χ0) is 13.2. The molecule has 0 aromatic carbocycles. The maximum absolute atomic E-state index is 11.4. The average molecular weight is 253 g/mol. The van der Waals surface area contributed by atoms with Crippen molar-refractivity contribution in [1.29, 1.82) is 0 Å². The molecule has 0 unspecified atom stereocenters. The summed E-state index contributed by atoms with van der Waals surface area (Å²) in [4.78, 5) is 15.3. The first kappa shape index (κ1) is 14.4. The van der Waals surface area contributed by atoms with Crippen molar-refractivity contribution in [3.63, 3.8) is 0 Å². The smallest absolute Gasteiger partial charge is 0.269 e. The highest BCUT2D eigenvalue weighted by Gasteiger charge is 2.04. The Kier molecular flexibility index (Phi) is 6.75. The van der Waals surface area contributed by atoms with E-state index in [1.165, 1.54) is 0 Å². The second-order valence-electron chi connectivity index (χ2n) is 3.63. The first-order valence-electron chi connectivity index (χ1n) is 5.88. The molecule has 0 aliphatic heterocycles. The lowest BCUT2D eigenvalue weighted by atomic mass is 10.3. The van der Waals surface area contributed by atoms with E-state index in [-0.39, 0.29) is 12.5 Å². The Bertz CT molecular complexity index is 371. The third kappa shape index (κ3) is 5.11. The van der Waals surface area contributed by atoms with Gasteiger partial charge in [-0.05, 0) is 18.6 Å². The van der Waals surface area contributed by atoms with Crippen molar-refractivity contribution >= 4 is 11.6 Å². The van der Waals surface area contributed by atoms with Crippen LogP contribution >= 0.6 is 0 Å². The highest BCUT2D eigenvalue weighted by Crippen LogP contribution is 2.07. The number of nitrogens with one attached hydrogen (secondary N) is 2. The molecular formula is C12H19N3O3. The van der Waals surface area contributed by atoms with Gasteiger partial charge in [-0.3, -0.25) is 9.78 Å². The predicted molar refractivity (Wildman–Crippen MR) is 68.6 cm³/mol. The summed E-state index contributed by atoms with van der Waals surface area (Å²) in [5.41, 5.74) is 1.24. The number of pyridine rings is 1. The number of carbonyl (C=O) groups excluding carboxylic acids is 1. The van der Waals surface area contributed by atoms with Crippen molar-refractivity contribution in [3.8, 4) is 0 Å². The fraction of sp³-hybridized carbons (Fsp3) is 0.500. The van der Waals surface area contributed by atoms with E-state index in [4.69, 9.17) is 9.84 Å². The zero-order valence-electron chi connectivity index (χ0n) is 10.5. The number of carbonyl (C=O) groups is 1. The third-order valence-electron chi connectivity index (χ3n) is 2.25. The van der Waals surface area contributed by atoms with E-state index >= 15 is 0 Å². The van der Waals surface area contributed by atoms with E-state index in [2.05, 4.69) is 15.6 Å². The summed E-state index contributed by atoms with van der Waals surface area (Å²) in [7, 11) is 1.57. The fourth-order valence-electron chi connectivity index (χ4n) is 1.37. The lowest BCUT2D eigenvalue weighted by molar-refractivity contribution is 0.0922. The highest BCUT2D eigenvalue weighted by molar-refractivity contribution is 5.92. The largest absolute Gasteiger partial charge is 0.394 e. The number of aliphatic hydroxyl groups is 1. The van der Waals surface area contributed by atoms with Crippen LogP contribution in [0.25, 0.3) is 0 Å². The molecule has 0 saturated carbocycles. The van der Waals surface area contributed by atoms with Gasteiger partial charge in [0.05, 0.1) is 13.2 Å². The van der Waals surface area contributed by atoms with Crippen molar-refractivity contribution in [2.45, 2.75) is 6.42 Å². The molecule has 0 aliphatic carbocycles. The number of ether oxygens (including phenoxy) is 1. The van der Waals surface area contributed by atoms with E-state index in [0.29, 0.717) is 18.9 Å². The van der Waals surface area contributed by atoms with Gasteiger partial charge in [-0.15, -0.1) is 0 Å². The van der Waals surface area contributed by atoms with Gasteiger partial charge in [0, 0.05) is 32.1 Å². The Labute approximate surface area is 106 Å². The van der Waals surface area contributed by atoms with Crippen LogP contribution in [0.3, 0.4) is 0 Å². The lowest BCUT2D eigenvalue weighted by Gasteiger charge is -2.07. The number of rotatable bonds is 8. The highest BCUT2D eigenvalue weighted by atomic mass is 16.5. The fourth-order valence-corrected chi connectivity index (χ4v) is 1.37. The van der Waals surface area contributed by atoms with Crippen molar-refractivity contribution in [3.05, 3.63) is 24.0 Å². The number of hydrogen-bond donors (Lipinski definition) is 3. The van der Waals surface area contributed by atoms with E-state index < -0.39 is 0 Å². The summed E-state index contributed by atoms with van der Waals surface area (Å²) in [6.07, 6.45) is 2.42. The van der Waals surface area contributed by atoms with Crippen LogP contribution in [-0.4, -0.2) is 49.4 Å². The Balaban J connectivity index is 2.32. The zero-order valence-corrected chi connectivity index (χ0v) is 10.5. The Hall–Kier alpha value is -1.66. The molecule has 100 valence electrons. The van der Waals surface area contributed by atoms with Gasteiger partial charge in [-0.1, -0.05) is 0 Å². The predicted octanol–water partition coefficient (Wildman–Crippen LogP) is 0.252. The van der Waals surface area contributed by atoms with E-state index in [9.17, 15) is 4.79 Å². The van der Waals surface area contributed by atoms with Crippen molar-refractivity contribution in [2.75, 3.05) is 38.7 Å². The quantitative estimate of drug-likeness (QED) is 0.578. The second-order valence-corrected chi connectivity index (χ2v) is 3.63.